The lowest BCUT2D eigenvalue weighted by Gasteiger charge is -2.30. The number of hydrogen-bond donors (Lipinski definition) is 1. The van der Waals surface area contributed by atoms with E-state index in [9.17, 15) is 14.0 Å². The number of amides is 2. The van der Waals surface area contributed by atoms with Gasteiger partial charge in [0.25, 0.3) is 11.8 Å². The number of fused-ring (bicyclic) bond motifs is 1. The molecule has 0 atom stereocenters. The van der Waals surface area contributed by atoms with Gasteiger partial charge in [0, 0.05) is 17.2 Å². The molecule has 0 bridgehead atoms. The molecule has 0 spiro atoms. The Kier molecular flexibility index (Phi) is 5.19. The second-order valence-corrected chi connectivity index (χ2v) is 7.93. The van der Waals surface area contributed by atoms with Crippen LogP contribution in [0.2, 0.25) is 0 Å². The summed E-state index contributed by atoms with van der Waals surface area (Å²) < 4.78 is 20.1. The maximum absolute atomic E-state index is 14.3. The van der Waals surface area contributed by atoms with E-state index >= 15 is 0 Å². The summed E-state index contributed by atoms with van der Waals surface area (Å²) in [4.78, 5) is 27.0. The summed E-state index contributed by atoms with van der Waals surface area (Å²) in [5, 5.41) is 2.95. The van der Waals surface area contributed by atoms with Crippen LogP contribution in [-0.4, -0.2) is 17.9 Å². The van der Waals surface area contributed by atoms with Gasteiger partial charge in [0.2, 0.25) is 0 Å². The highest BCUT2D eigenvalue weighted by Crippen LogP contribution is 2.36. The molecular formula is C26H21FN2O3. The number of rotatable bonds is 5. The first kappa shape index (κ1) is 20.0. The molecule has 3 aromatic carbocycles. The van der Waals surface area contributed by atoms with Crippen LogP contribution in [0.4, 0.5) is 10.1 Å². The third-order valence-electron chi connectivity index (χ3n) is 5.50. The first-order chi connectivity index (χ1) is 15.6. The summed E-state index contributed by atoms with van der Waals surface area (Å²) >= 11 is 0. The van der Waals surface area contributed by atoms with Gasteiger partial charge in [-0.3, -0.25) is 14.5 Å². The van der Waals surface area contributed by atoms with Crippen LogP contribution >= 0.6 is 0 Å². The van der Waals surface area contributed by atoms with Crippen molar-refractivity contribution in [1.82, 2.24) is 5.32 Å². The van der Waals surface area contributed by atoms with E-state index in [0.29, 0.717) is 22.6 Å². The van der Waals surface area contributed by atoms with E-state index in [1.165, 1.54) is 11.0 Å². The van der Waals surface area contributed by atoms with Gasteiger partial charge in [-0.25, -0.2) is 4.39 Å². The van der Waals surface area contributed by atoms with Crippen LogP contribution in [0.1, 0.15) is 34.3 Å². The maximum Gasteiger partial charge on any atom is 0.294 e. The first-order valence-electron chi connectivity index (χ1n) is 10.5. The number of halogens is 1. The van der Waals surface area contributed by atoms with Gasteiger partial charge >= 0.3 is 0 Å². The Hall–Kier alpha value is -3.93. The van der Waals surface area contributed by atoms with Crippen molar-refractivity contribution in [3.8, 4) is 5.75 Å². The molecule has 3 aromatic rings. The Morgan fingerprint density at radius 1 is 1.03 bits per heavy atom. The monoisotopic (exact) mass is 428 g/mol. The predicted molar refractivity (Wildman–Crippen MR) is 120 cm³/mol. The Morgan fingerprint density at radius 2 is 1.75 bits per heavy atom. The van der Waals surface area contributed by atoms with Gasteiger partial charge in [-0.1, -0.05) is 42.5 Å². The molecule has 1 N–H and O–H groups in total. The molecule has 1 fully saturated rings. The zero-order valence-corrected chi connectivity index (χ0v) is 17.3. The van der Waals surface area contributed by atoms with Crippen molar-refractivity contribution in [2.75, 3.05) is 4.90 Å². The van der Waals surface area contributed by atoms with Crippen molar-refractivity contribution in [3.05, 3.63) is 101 Å². The van der Waals surface area contributed by atoms with Crippen molar-refractivity contribution < 1.29 is 18.7 Å². The molecule has 2 amide bonds. The van der Waals surface area contributed by atoms with Gasteiger partial charge in [0.1, 0.15) is 5.82 Å². The number of ether oxygens (including phenoxy) is 1. The Morgan fingerprint density at radius 3 is 2.50 bits per heavy atom. The predicted octanol–water partition coefficient (Wildman–Crippen LogP) is 4.68. The molecule has 0 radical (unpaired) electrons. The van der Waals surface area contributed by atoms with Crippen LogP contribution in [0.3, 0.4) is 0 Å². The highest BCUT2D eigenvalue weighted by Gasteiger charge is 2.30. The van der Waals surface area contributed by atoms with Crippen molar-refractivity contribution in [2.45, 2.75) is 25.4 Å². The lowest BCUT2D eigenvalue weighted by Crippen LogP contribution is -2.37. The van der Waals surface area contributed by atoms with Crippen molar-refractivity contribution >= 4 is 23.6 Å². The van der Waals surface area contributed by atoms with Crippen LogP contribution < -0.4 is 15.0 Å². The molecule has 5 nitrogen and oxygen atoms in total. The normalized spacial score (nSPS) is 16.5. The van der Waals surface area contributed by atoms with Gasteiger partial charge in [-0.2, -0.15) is 0 Å². The lowest BCUT2D eigenvalue weighted by atomic mass is 10.1. The molecule has 1 heterocycles. The molecule has 160 valence electrons. The molecule has 0 unspecified atom stereocenters. The average Bonchev–Trinajstić information content (AvgIpc) is 3.62. The molecule has 1 saturated carbocycles. The van der Waals surface area contributed by atoms with Gasteiger partial charge in [-0.05, 0) is 54.8 Å². The molecule has 2 aliphatic rings. The van der Waals surface area contributed by atoms with Crippen LogP contribution in [0.15, 0.2) is 78.6 Å². The standard InChI is InChI=1S/C26H21FN2O3/c27-21-6-2-1-5-19(21)16-29-22-7-3-4-8-23(22)32-24(26(29)31)15-17-9-11-18(12-10-17)25(30)28-20-13-14-20/h1-12,15,20H,13-14,16H2,(H,28,30)/b24-15+. The third kappa shape index (κ3) is 4.12. The Bertz CT molecular complexity index is 1220. The summed E-state index contributed by atoms with van der Waals surface area (Å²) in [7, 11) is 0. The zero-order chi connectivity index (χ0) is 22.1. The average molecular weight is 428 g/mol. The van der Waals surface area contributed by atoms with E-state index in [1.54, 1.807) is 60.7 Å². The number of carbonyl (C=O) groups is 2. The third-order valence-corrected chi connectivity index (χ3v) is 5.50. The molecule has 0 saturated heterocycles. The minimum Gasteiger partial charge on any atom is -0.449 e. The molecule has 32 heavy (non-hydrogen) atoms. The number of hydrogen-bond acceptors (Lipinski definition) is 3. The molecule has 1 aliphatic carbocycles. The van der Waals surface area contributed by atoms with Crippen LogP contribution in [0, 0.1) is 5.82 Å². The number of carbonyl (C=O) groups excluding carboxylic acids is 2. The number of para-hydroxylation sites is 2. The number of nitrogens with zero attached hydrogens (tertiary/aromatic N) is 1. The van der Waals surface area contributed by atoms with Crippen LogP contribution in [0.25, 0.3) is 6.08 Å². The van der Waals surface area contributed by atoms with Crippen molar-refractivity contribution in [3.63, 3.8) is 0 Å². The summed E-state index contributed by atoms with van der Waals surface area (Å²) in [5.74, 6) is -0.163. The second kappa shape index (κ2) is 8.30. The van der Waals surface area contributed by atoms with Gasteiger partial charge in [0.15, 0.2) is 11.5 Å². The fraction of sp³-hybridized carbons (Fsp3) is 0.154. The van der Waals surface area contributed by atoms with Gasteiger partial charge < -0.3 is 10.1 Å². The molecule has 1 aliphatic heterocycles. The molecule has 0 aromatic heterocycles. The topological polar surface area (TPSA) is 58.6 Å². The summed E-state index contributed by atoms with van der Waals surface area (Å²) in [5.41, 5.74) is 2.30. The minimum atomic E-state index is -0.366. The van der Waals surface area contributed by atoms with E-state index in [0.717, 1.165) is 18.4 Å². The van der Waals surface area contributed by atoms with E-state index in [4.69, 9.17) is 4.74 Å². The maximum atomic E-state index is 14.3. The lowest BCUT2D eigenvalue weighted by molar-refractivity contribution is -0.117. The zero-order valence-electron chi connectivity index (χ0n) is 17.3. The molecule has 6 heteroatoms. The van der Waals surface area contributed by atoms with E-state index in [2.05, 4.69) is 5.32 Å². The van der Waals surface area contributed by atoms with Gasteiger partial charge in [-0.15, -0.1) is 0 Å². The quantitative estimate of drug-likeness (QED) is 0.600. The van der Waals surface area contributed by atoms with Crippen molar-refractivity contribution in [2.24, 2.45) is 0 Å². The van der Waals surface area contributed by atoms with Gasteiger partial charge in [0.05, 0.1) is 12.2 Å². The van der Waals surface area contributed by atoms with E-state index < -0.39 is 0 Å². The fourth-order valence-corrected chi connectivity index (χ4v) is 3.59. The largest absolute Gasteiger partial charge is 0.449 e. The molecular weight excluding hydrogens is 407 g/mol. The number of anilines is 1. The van der Waals surface area contributed by atoms with Crippen LogP contribution in [0.5, 0.6) is 5.75 Å². The minimum absolute atomic E-state index is 0.0868. The SMILES string of the molecule is O=C(NC1CC1)c1ccc(/C=C2/Oc3ccccc3N(Cc3ccccc3F)C2=O)cc1. The molecule has 5 rings (SSSR count). The highest BCUT2D eigenvalue weighted by atomic mass is 19.1. The summed E-state index contributed by atoms with van der Waals surface area (Å²) in [6.45, 7) is 0.0868. The Balaban J connectivity index is 1.43. The summed E-state index contributed by atoms with van der Waals surface area (Å²) in [6.07, 6.45) is 3.69. The van der Waals surface area contributed by atoms with E-state index in [-0.39, 0.29) is 36.0 Å². The highest BCUT2D eigenvalue weighted by molar-refractivity contribution is 6.09. The van der Waals surface area contributed by atoms with Crippen molar-refractivity contribution in [1.29, 1.82) is 0 Å². The second-order valence-electron chi connectivity index (χ2n) is 7.93. The smallest absolute Gasteiger partial charge is 0.294 e. The number of nitrogens with one attached hydrogen (secondary N) is 1. The fourth-order valence-electron chi connectivity index (χ4n) is 3.59. The number of benzene rings is 3. The Labute approximate surface area is 185 Å². The first-order valence-corrected chi connectivity index (χ1v) is 10.5. The van der Waals surface area contributed by atoms with E-state index in [1.807, 2.05) is 12.1 Å². The summed E-state index contributed by atoms with van der Waals surface area (Å²) in [6, 6.07) is 20.9. The van der Waals surface area contributed by atoms with Crippen LogP contribution in [-0.2, 0) is 11.3 Å².